The second-order valence-electron chi connectivity index (χ2n) is 9.52. The van der Waals surface area contributed by atoms with Crippen LogP contribution < -0.4 is 9.47 Å². The average Bonchev–Trinajstić information content (AvgIpc) is 3.37. The summed E-state index contributed by atoms with van der Waals surface area (Å²) in [5.41, 5.74) is 4.74. The van der Waals surface area contributed by atoms with Gasteiger partial charge in [0.25, 0.3) is 0 Å². The van der Waals surface area contributed by atoms with E-state index in [1.54, 1.807) is 6.26 Å². The number of hydrogen-bond acceptors (Lipinski definition) is 5. The molecule has 5 rings (SSSR count). The number of nitrogens with zero attached hydrogens (tertiary/aromatic N) is 1. The third-order valence-electron chi connectivity index (χ3n) is 6.04. The number of carbonyl (C=O) groups excluding carboxylic acids is 1. The highest BCUT2D eigenvalue weighted by Crippen LogP contribution is 2.43. The van der Waals surface area contributed by atoms with Crippen molar-refractivity contribution in [1.29, 1.82) is 0 Å². The first-order valence-corrected chi connectivity index (χ1v) is 10.9. The summed E-state index contributed by atoms with van der Waals surface area (Å²) in [5, 5.41) is 0. The molecule has 0 bridgehead atoms. The molecule has 32 heavy (non-hydrogen) atoms. The standard InChI is InChI=1S/C27H27NO4/c1-17-25-19(14-28(16-31-25)15-21-6-5-11-30-21)13-22-24(29)23(32-26(17)22)12-18-7-9-20(10-8-18)27(2,3)4/h5-13H,14-16H2,1-4H3/b23-12-. The Morgan fingerprint density at radius 2 is 1.88 bits per heavy atom. The number of benzene rings is 2. The molecule has 2 aliphatic rings. The van der Waals surface area contributed by atoms with E-state index >= 15 is 0 Å². The lowest BCUT2D eigenvalue weighted by atomic mass is 9.86. The quantitative estimate of drug-likeness (QED) is 0.489. The molecule has 5 heteroatoms. The van der Waals surface area contributed by atoms with E-state index in [0.717, 1.165) is 28.2 Å². The van der Waals surface area contributed by atoms with Crippen LogP contribution in [-0.4, -0.2) is 17.4 Å². The Labute approximate surface area is 188 Å². The summed E-state index contributed by atoms with van der Waals surface area (Å²) in [6, 6.07) is 14.0. The minimum atomic E-state index is -0.0889. The Balaban J connectivity index is 1.40. The number of rotatable bonds is 3. The van der Waals surface area contributed by atoms with Crippen molar-refractivity contribution in [3.8, 4) is 11.5 Å². The molecule has 0 N–H and O–H groups in total. The molecule has 0 radical (unpaired) electrons. The van der Waals surface area contributed by atoms with Crippen molar-refractivity contribution in [2.75, 3.05) is 6.73 Å². The number of carbonyl (C=O) groups is 1. The van der Waals surface area contributed by atoms with Crippen LogP contribution in [0.3, 0.4) is 0 Å². The van der Waals surface area contributed by atoms with Crippen LogP contribution in [0.1, 0.15) is 59.1 Å². The summed E-state index contributed by atoms with van der Waals surface area (Å²) < 4.78 is 17.5. The van der Waals surface area contributed by atoms with E-state index in [-0.39, 0.29) is 11.2 Å². The molecule has 3 heterocycles. The lowest BCUT2D eigenvalue weighted by molar-refractivity contribution is 0.0813. The molecule has 0 saturated heterocycles. The van der Waals surface area contributed by atoms with Crippen LogP contribution in [-0.2, 0) is 18.5 Å². The maximum Gasteiger partial charge on any atom is 0.231 e. The fraction of sp³-hybridized carbons (Fsp3) is 0.296. The van der Waals surface area contributed by atoms with Crippen LogP contribution in [0.5, 0.6) is 11.5 Å². The molecule has 0 unspecified atom stereocenters. The fourth-order valence-corrected chi connectivity index (χ4v) is 4.25. The van der Waals surface area contributed by atoms with Crippen LogP contribution in [0.2, 0.25) is 0 Å². The second kappa shape index (κ2) is 7.68. The highest BCUT2D eigenvalue weighted by Gasteiger charge is 2.33. The molecule has 164 valence electrons. The zero-order valence-electron chi connectivity index (χ0n) is 18.9. The summed E-state index contributed by atoms with van der Waals surface area (Å²) in [5.74, 6) is 2.56. The van der Waals surface area contributed by atoms with Gasteiger partial charge in [-0.1, -0.05) is 45.0 Å². The smallest absolute Gasteiger partial charge is 0.231 e. The maximum absolute atomic E-state index is 13.1. The van der Waals surface area contributed by atoms with E-state index in [2.05, 4.69) is 37.8 Å². The van der Waals surface area contributed by atoms with E-state index < -0.39 is 0 Å². The normalized spacial score (nSPS) is 17.1. The van der Waals surface area contributed by atoms with Crippen LogP contribution in [0.25, 0.3) is 6.08 Å². The summed E-state index contributed by atoms with van der Waals surface area (Å²) in [6.45, 7) is 10.3. The lowest BCUT2D eigenvalue weighted by Gasteiger charge is -2.29. The van der Waals surface area contributed by atoms with Crippen LogP contribution in [0.15, 0.2) is 58.9 Å². The zero-order chi connectivity index (χ0) is 22.5. The number of furan rings is 1. The molecule has 0 aliphatic carbocycles. The molecule has 0 fully saturated rings. The van der Waals surface area contributed by atoms with Crippen LogP contribution in [0, 0.1) is 6.92 Å². The minimum Gasteiger partial charge on any atom is -0.477 e. The van der Waals surface area contributed by atoms with Gasteiger partial charge < -0.3 is 13.9 Å². The number of ketones is 1. The summed E-state index contributed by atoms with van der Waals surface area (Å²) in [7, 11) is 0. The van der Waals surface area contributed by atoms with Crippen molar-refractivity contribution < 1.29 is 18.7 Å². The van der Waals surface area contributed by atoms with Crippen molar-refractivity contribution in [3.05, 3.63) is 88.1 Å². The van der Waals surface area contributed by atoms with Gasteiger partial charge >= 0.3 is 0 Å². The molecule has 0 atom stereocenters. The Morgan fingerprint density at radius 3 is 2.56 bits per heavy atom. The molecule has 3 aromatic rings. The Hall–Kier alpha value is -3.31. The number of Topliss-reactive ketones (excluding diaryl/α,β-unsaturated/α-hetero) is 1. The highest BCUT2D eigenvalue weighted by molar-refractivity contribution is 6.15. The average molecular weight is 430 g/mol. The van der Waals surface area contributed by atoms with Gasteiger partial charge in [-0.3, -0.25) is 9.69 Å². The van der Waals surface area contributed by atoms with Gasteiger partial charge in [-0.25, -0.2) is 0 Å². The monoisotopic (exact) mass is 429 g/mol. The fourth-order valence-electron chi connectivity index (χ4n) is 4.25. The predicted octanol–water partition coefficient (Wildman–Crippen LogP) is 5.85. The lowest BCUT2D eigenvalue weighted by Crippen LogP contribution is -2.31. The van der Waals surface area contributed by atoms with Crippen molar-refractivity contribution >= 4 is 11.9 Å². The van der Waals surface area contributed by atoms with Gasteiger partial charge in [0.15, 0.2) is 5.76 Å². The van der Waals surface area contributed by atoms with E-state index in [9.17, 15) is 4.79 Å². The molecule has 0 saturated carbocycles. The Morgan fingerprint density at radius 1 is 1.09 bits per heavy atom. The van der Waals surface area contributed by atoms with E-state index in [4.69, 9.17) is 13.9 Å². The third-order valence-corrected chi connectivity index (χ3v) is 6.04. The molecular formula is C27H27NO4. The van der Waals surface area contributed by atoms with Gasteiger partial charge in [-0.15, -0.1) is 0 Å². The summed E-state index contributed by atoms with van der Waals surface area (Å²) in [6.07, 6.45) is 3.49. The Bertz CT molecular complexity index is 1200. The Kier molecular flexibility index (Phi) is 4.94. The van der Waals surface area contributed by atoms with Crippen molar-refractivity contribution in [3.63, 3.8) is 0 Å². The minimum absolute atomic E-state index is 0.0859. The van der Waals surface area contributed by atoms with Gasteiger partial charge in [0.05, 0.1) is 18.4 Å². The molecule has 5 nitrogen and oxygen atoms in total. The molecule has 0 spiro atoms. The number of hydrogen-bond donors (Lipinski definition) is 0. The van der Waals surface area contributed by atoms with Gasteiger partial charge in [0, 0.05) is 17.7 Å². The molecular weight excluding hydrogens is 402 g/mol. The van der Waals surface area contributed by atoms with Crippen molar-refractivity contribution in [2.45, 2.75) is 46.2 Å². The van der Waals surface area contributed by atoms with Gasteiger partial charge in [0.2, 0.25) is 5.78 Å². The van der Waals surface area contributed by atoms with Crippen LogP contribution in [0.4, 0.5) is 0 Å². The van der Waals surface area contributed by atoms with Crippen molar-refractivity contribution in [2.24, 2.45) is 0 Å². The van der Waals surface area contributed by atoms with Gasteiger partial charge in [-0.05, 0) is 47.7 Å². The molecule has 1 aromatic heterocycles. The topological polar surface area (TPSA) is 51.9 Å². The first kappa shape index (κ1) is 20.6. The van der Waals surface area contributed by atoms with Gasteiger partial charge in [0.1, 0.15) is 24.0 Å². The first-order chi connectivity index (χ1) is 15.3. The third kappa shape index (κ3) is 3.73. The zero-order valence-corrected chi connectivity index (χ0v) is 18.9. The molecule has 2 aromatic carbocycles. The number of ether oxygens (including phenoxy) is 2. The van der Waals surface area contributed by atoms with Gasteiger partial charge in [-0.2, -0.15) is 0 Å². The second-order valence-corrected chi connectivity index (χ2v) is 9.52. The molecule has 2 aliphatic heterocycles. The van der Waals surface area contributed by atoms with Crippen LogP contribution >= 0.6 is 0 Å². The molecule has 0 amide bonds. The summed E-state index contributed by atoms with van der Waals surface area (Å²) in [4.78, 5) is 15.3. The largest absolute Gasteiger partial charge is 0.477 e. The number of allylic oxidation sites excluding steroid dienone is 1. The SMILES string of the molecule is Cc1c2c(cc3c1O/C(=C\c1ccc(C(C)(C)C)cc1)C3=O)CN(Cc1ccco1)CO2. The predicted molar refractivity (Wildman–Crippen MR) is 123 cm³/mol. The first-order valence-electron chi connectivity index (χ1n) is 10.9. The van der Waals surface area contributed by atoms with E-state index in [1.165, 1.54) is 5.56 Å². The maximum atomic E-state index is 13.1. The van der Waals surface area contributed by atoms with Crippen molar-refractivity contribution in [1.82, 2.24) is 4.90 Å². The summed E-state index contributed by atoms with van der Waals surface area (Å²) >= 11 is 0. The highest BCUT2D eigenvalue weighted by atomic mass is 16.5. The number of fused-ring (bicyclic) bond motifs is 2. The van der Waals surface area contributed by atoms with E-state index in [0.29, 0.717) is 36.9 Å². The van der Waals surface area contributed by atoms with E-state index in [1.807, 2.05) is 43.3 Å².